The smallest absolute Gasteiger partial charge is 0.415 e. The first-order chi connectivity index (χ1) is 11.3. The highest BCUT2D eigenvalue weighted by molar-refractivity contribution is 6.30. The molecule has 0 unspecified atom stereocenters. The fraction of sp³-hybridized carbons (Fsp3) is 0.357. The molecule has 2 aliphatic rings. The van der Waals surface area contributed by atoms with E-state index in [1.165, 1.54) is 6.07 Å². The molecule has 0 bridgehead atoms. The van der Waals surface area contributed by atoms with Gasteiger partial charge in [-0.25, -0.2) is 4.79 Å². The summed E-state index contributed by atoms with van der Waals surface area (Å²) in [6.45, 7) is 0. The molecule has 3 nitrogen and oxygen atoms in total. The molecule has 7 heteroatoms. The van der Waals surface area contributed by atoms with Gasteiger partial charge in [0.2, 0.25) is 0 Å². The van der Waals surface area contributed by atoms with Crippen LogP contribution in [0.5, 0.6) is 0 Å². The van der Waals surface area contributed by atoms with Gasteiger partial charge in [-0.15, -0.1) is 0 Å². The van der Waals surface area contributed by atoms with Crippen LogP contribution in [0.2, 0.25) is 5.02 Å². The molecule has 0 spiro atoms. The molecule has 1 fully saturated rings. The summed E-state index contributed by atoms with van der Waals surface area (Å²) in [7, 11) is 0. The van der Waals surface area contributed by atoms with E-state index in [1.807, 2.05) is 5.92 Å². The van der Waals surface area contributed by atoms with Crippen LogP contribution in [0.1, 0.15) is 23.8 Å². The number of rotatable bonds is 0. The van der Waals surface area contributed by atoms with E-state index >= 15 is 0 Å². The van der Waals surface area contributed by atoms with Gasteiger partial charge in [0.05, 0.1) is 5.69 Å². The Morgan fingerprint density at radius 3 is 2.81 bits per heavy atom. The van der Waals surface area contributed by atoms with E-state index < -0.39 is 42.1 Å². The molecule has 1 amide bonds. The van der Waals surface area contributed by atoms with E-state index in [0.29, 0.717) is 0 Å². The van der Waals surface area contributed by atoms with Crippen molar-refractivity contribution in [3.8, 4) is 11.8 Å². The number of nitrogens with one attached hydrogen (secondary N) is 1. The third-order valence-electron chi connectivity index (χ3n) is 2.92. The maximum Gasteiger partial charge on any atom is 0.445 e. The van der Waals surface area contributed by atoms with Crippen molar-refractivity contribution in [2.45, 2.75) is 24.5 Å². The molecule has 0 saturated heterocycles. The lowest BCUT2D eigenvalue weighted by atomic mass is 9.90. The summed E-state index contributed by atoms with van der Waals surface area (Å²) < 4.78 is 75.6. The van der Waals surface area contributed by atoms with Crippen molar-refractivity contribution < 1.29 is 28.2 Å². The van der Waals surface area contributed by atoms with Gasteiger partial charge in [-0.1, -0.05) is 17.5 Å². The number of halogens is 4. The van der Waals surface area contributed by atoms with Gasteiger partial charge in [-0.05, 0) is 36.9 Å². The number of anilines is 1. The summed E-state index contributed by atoms with van der Waals surface area (Å²) in [4.78, 5) is 11.6. The second-order valence-corrected chi connectivity index (χ2v) is 4.81. The van der Waals surface area contributed by atoms with Crippen LogP contribution in [-0.4, -0.2) is 12.3 Å². The van der Waals surface area contributed by atoms with Crippen molar-refractivity contribution in [2.24, 2.45) is 5.92 Å². The fourth-order valence-corrected chi connectivity index (χ4v) is 2.08. The number of alkyl halides is 3. The van der Waals surface area contributed by atoms with E-state index in [9.17, 15) is 18.0 Å². The van der Waals surface area contributed by atoms with Crippen LogP contribution in [0.25, 0.3) is 0 Å². The number of carbonyl (C=O) groups is 1. The number of hydrogen-bond donors (Lipinski definition) is 1. The molecule has 110 valence electrons. The van der Waals surface area contributed by atoms with Crippen molar-refractivity contribution >= 4 is 23.4 Å². The Kier molecular flexibility index (Phi) is 2.17. The number of hydrogen-bond acceptors (Lipinski definition) is 2. The quantitative estimate of drug-likeness (QED) is 0.732. The van der Waals surface area contributed by atoms with Crippen LogP contribution in [-0.2, 0) is 10.3 Å². The van der Waals surface area contributed by atoms with Crippen molar-refractivity contribution in [2.75, 3.05) is 5.32 Å². The minimum atomic E-state index is -5.16. The van der Waals surface area contributed by atoms with Crippen molar-refractivity contribution in [1.29, 1.82) is 0 Å². The lowest BCUT2D eigenvalue weighted by molar-refractivity contribution is -0.239. The number of amides is 1. The maximum absolute atomic E-state index is 13.8. The van der Waals surface area contributed by atoms with Gasteiger partial charge >= 0.3 is 12.3 Å². The van der Waals surface area contributed by atoms with Crippen LogP contribution < -0.4 is 5.32 Å². The summed E-state index contributed by atoms with van der Waals surface area (Å²) in [6, 6.07) is 3.38. The van der Waals surface area contributed by atoms with E-state index in [2.05, 4.69) is 10.1 Å². The van der Waals surface area contributed by atoms with Crippen LogP contribution >= 0.6 is 11.6 Å². The Bertz CT molecular complexity index is 820. The maximum atomic E-state index is 13.8. The van der Waals surface area contributed by atoms with Crippen LogP contribution in [0.4, 0.5) is 23.7 Å². The van der Waals surface area contributed by atoms with Crippen molar-refractivity contribution in [1.82, 2.24) is 0 Å². The monoisotopic (exact) mass is 319 g/mol. The number of fused-ring (bicyclic) bond motifs is 1. The molecule has 1 aliphatic heterocycles. The third-order valence-corrected chi connectivity index (χ3v) is 3.16. The Balaban J connectivity index is 2.18. The van der Waals surface area contributed by atoms with Crippen LogP contribution in [0.3, 0.4) is 0 Å². The molecule has 0 aromatic heterocycles. The van der Waals surface area contributed by atoms with Crippen molar-refractivity contribution in [3.05, 3.63) is 28.8 Å². The van der Waals surface area contributed by atoms with Crippen LogP contribution in [0, 0.1) is 17.8 Å². The highest BCUT2D eigenvalue weighted by Crippen LogP contribution is 2.48. The molecule has 1 N–H and O–H groups in total. The van der Waals surface area contributed by atoms with Crippen molar-refractivity contribution in [3.63, 3.8) is 0 Å². The standard InChI is InChI=1S/C14H9ClF3NO2/c15-9-3-4-11-10(7-9)13(14(16,17)18,21-12(20)19-11)6-5-8-1-2-8/h3-4,7-8H,1-2H2,(H,19,20)/t13-/m0/s1/i1D2,2D2. The Morgan fingerprint density at radius 1 is 1.48 bits per heavy atom. The average Bonchev–Trinajstić information content (AvgIpc) is 2.85. The first-order valence-electron chi connectivity index (χ1n) is 7.72. The van der Waals surface area contributed by atoms with Gasteiger partial charge in [-0.3, -0.25) is 5.32 Å². The Morgan fingerprint density at radius 2 is 2.19 bits per heavy atom. The van der Waals surface area contributed by atoms with Gasteiger partial charge in [0.15, 0.2) is 0 Å². The largest absolute Gasteiger partial charge is 0.445 e. The highest BCUT2D eigenvalue weighted by atomic mass is 35.5. The SMILES string of the molecule is [2H]C1([2H])C(C#C[C@]2(C(F)(F)F)OC(=O)Nc3ccc(Cl)cc32)C1([2H])[2H]. The Labute approximate surface area is 129 Å². The molecular formula is C14H9ClF3NO2. The molecule has 1 heterocycles. The highest BCUT2D eigenvalue weighted by Gasteiger charge is 2.62. The average molecular weight is 320 g/mol. The number of ether oxygens (including phenoxy) is 1. The second kappa shape index (κ2) is 4.57. The van der Waals surface area contributed by atoms with Gasteiger partial charge < -0.3 is 4.74 Å². The molecule has 3 rings (SSSR count). The van der Waals surface area contributed by atoms with Gasteiger partial charge in [0.1, 0.15) is 0 Å². The van der Waals surface area contributed by atoms with Gasteiger partial charge in [0.25, 0.3) is 5.60 Å². The second-order valence-electron chi connectivity index (χ2n) is 4.37. The molecule has 1 aliphatic carbocycles. The summed E-state index contributed by atoms with van der Waals surface area (Å²) in [6.07, 6.45) is -11.3. The molecule has 1 atom stereocenters. The topological polar surface area (TPSA) is 38.3 Å². The fourth-order valence-electron chi connectivity index (χ4n) is 1.91. The van der Waals surface area contributed by atoms with Crippen LogP contribution in [0.15, 0.2) is 18.2 Å². The molecule has 1 aromatic rings. The first kappa shape index (κ1) is 9.96. The lowest BCUT2D eigenvalue weighted by Crippen LogP contribution is -2.49. The molecule has 0 radical (unpaired) electrons. The number of cyclic esters (lactones) is 1. The minimum absolute atomic E-state index is 0.0500. The van der Waals surface area contributed by atoms with Gasteiger partial charge in [-0.2, -0.15) is 13.2 Å². The zero-order valence-corrected chi connectivity index (χ0v) is 10.9. The third kappa shape index (κ3) is 2.42. The summed E-state index contributed by atoms with van der Waals surface area (Å²) in [5, 5.41) is 2.06. The van der Waals surface area contributed by atoms with Gasteiger partial charge in [0, 0.05) is 22.0 Å². The zero-order valence-electron chi connectivity index (χ0n) is 14.1. The summed E-state index contributed by atoms with van der Waals surface area (Å²) in [5.74, 6) is 2.16. The van der Waals surface area contributed by atoms with E-state index in [0.717, 1.165) is 12.1 Å². The predicted molar refractivity (Wildman–Crippen MR) is 69.8 cm³/mol. The first-order valence-corrected chi connectivity index (χ1v) is 6.10. The molecule has 21 heavy (non-hydrogen) atoms. The van der Waals surface area contributed by atoms with E-state index in [4.69, 9.17) is 17.1 Å². The van der Waals surface area contributed by atoms with E-state index in [-0.39, 0.29) is 10.7 Å². The summed E-state index contributed by atoms with van der Waals surface area (Å²) >= 11 is 5.75. The molecule has 1 aromatic carbocycles. The van der Waals surface area contributed by atoms with E-state index in [1.54, 1.807) is 5.92 Å². The normalized spacial score (nSPS) is 31.9. The summed E-state index contributed by atoms with van der Waals surface area (Å²) in [5.41, 5.74) is -4.12. The zero-order chi connectivity index (χ0) is 18.8. The number of benzene rings is 1. The minimum Gasteiger partial charge on any atom is -0.415 e. The molecule has 1 saturated carbocycles. The molecular weight excluding hydrogens is 307 g/mol. The number of carbonyl (C=O) groups excluding carboxylic acids is 1. The Hall–Kier alpha value is -1.87. The lowest BCUT2D eigenvalue weighted by Gasteiger charge is -2.35. The predicted octanol–water partition coefficient (Wildman–Crippen LogP) is 4.07.